The maximum Gasteiger partial charge on any atom is 0.268 e. The van der Waals surface area contributed by atoms with Gasteiger partial charge in [-0.15, -0.1) is 23.7 Å². The van der Waals surface area contributed by atoms with E-state index < -0.39 is 0 Å². The van der Waals surface area contributed by atoms with Gasteiger partial charge in [0.25, 0.3) is 5.91 Å². The highest BCUT2D eigenvalue weighted by molar-refractivity contribution is 7.12. The molecular weight excluding hydrogens is 320 g/mol. The van der Waals surface area contributed by atoms with Crippen LogP contribution in [-0.4, -0.2) is 18.2 Å². The van der Waals surface area contributed by atoms with Gasteiger partial charge in [0, 0.05) is 28.9 Å². The number of hydrogen-bond acceptors (Lipinski definition) is 4. The first-order valence-corrected chi connectivity index (χ1v) is 7.74. The monoisotopic (exact) mass is 336 g/mol. The third-order valence-electron chi connectivity index (χ3n) is 3.75. The maximum atomic E-state index is 12.7. The zero-order chi connectivity index (χ0) is 15.0. The number of halogens is 1. The molecule has 2 N–H and O–H groups in total. The van der Waals surface area contributed by atoms with Crippen LogP contribution in [0.1, 0.15) is 38.9 Å². The van der Waals surface area contributed by atoms with Gasteiger partial charge in [0.1, 0.15) is 0 Å². The van der Waals surface area contributed by atoms with Crippen LogP contribution >= 0.6 is 23.7 Å². The molecule has 1 aliphatic rings. The summed E-state index contributed by atoms with van der Waals surface area (Å²) in [6, 6.07) is 7.35. The number of Topliss-reactive ketones (excluding diaryl/α,β-unsaturated/α-hetero) is 1. The van der Waals surface area contributed by atoms with Gasteiger partial charge in [-0.25, -0.2) is 0 Å². The standard InChI is InChI=1S/C16H16N2O2S.ClH/c1-10(19)11-8-15(21-9-11)16(20)18-7-3-4-12-13(17)5-2-6-14(12)18;/h2,5-6,8-9H,3-4,7,17H2,1H3;1H. The Morgan fingerprint density at radius 3 is 2.77 bits per heavy atom. The van der Waals surface area contributed by atoms with Gasteiger partial charge in [-0.05, 0) is 43.5 Å². The number of nitrogens with zero attached hydrogens (tertiary/aromatic N) is 1. The van der Waals surface area contributed by atoms with E-state index >= 15 is 0 Å². The van der Waals surface area contributed by atoms with Crippen LogP contribution in [0.4, 0.5) is 11.4 Å². The predicted molar refractivity (Wildman–Crippen MR) is 92.4 cm³/mol. The second-order valence-corrected chi connectivity index (χ2v) is 6.07. The Kier molecular flexibility index (Phi) is 4.88. The zero-order valence-corrected chi connectivity index (χ0v) is 13.8. The van der Waals surface area contributed by atoms with E-state index in [0.717, 1.165) is 29.8 Å². The number of rotatable bonds is 2. The minimum Gasteiger partial charge on any atom is -0.398 e. The van der Waals surface area contributed by atoms with Gasteiger partial charge in [0.2, 0.25) is 0 Å². The fourth-order valence-corrected chi connectivity index (χ4v) is 3.52. The molecule has 1 amide bonds. The third-order valence-corrected chi connectivity index (χ3v) is 4.67. The highest BCUT2D eigenvalue weighted by Crippen LogP contribution is 2.33. The van der Waals surface area contributed by atoms with Gasteiger partial charge in [-0.3, -0.25) is 9.59 Å². The normalized spacial score (nSPS) is 13.2. The number of fused-ring (bicyclic) bond motifs is 1. The van der Waals surface area contributed by atoms with Crippen LogP contribution in [0, 0.1) is 0 Å². The second-order valence-electron chi connectivity index (χ2n) is 5.16. The Balaban J connectivity index is 0.00000176. The van der Waals surface area contributed by atoms with Crippen molar-refractivity contribution >= 4 is 46.8 Å². The Morgan fingerprint density at radius 2 is 2.09 bits per heavy atom. The topological polar surface area (TPSA) is 63.4 Å². The van der Waals surface area contributed by atoms with Crippen molar-refractivity contribution in [3.63, 3.8) is 0 Å². The fourth-order valence-electron chi connectivity index (χ4n) is 2.63. The van der Waals surface area contributed by atoms with Crippen molar-refractivity contribution in [3.8, 4) is 0 Å². The van der Waals surface area contributed by atoms with Crippen LogP contribution in [0.3, 0.4) is 0 Å². The summed E-state index contributed by atoms with van der Waals surface area (Å²) in [5, 5.41) is 1.74. The van der Waals surface area contributed by atoms with Crippen molar-refractivity contribution in [1.29, 1.82) is 0 Å². The molecule has 3 rings (SSSR count). The minimum absolute atomic E-state index is 0. The number of thiophene rings is 1. The van der Waals surface area contributed by atoms with E-state index in [1.165, 1.54) is 18.3 Å². The number of anilines is 2. The minimum atomic E-state index is -0.0564. The summed E-state index contributed by atoms with van der Waals surface area (Å²) in [7, 11) is 0. The van der Waals surface area contributed by atoms with Crippen molar-refractivity contribution in [2.75, 3.05) is 17.2 Å². The molecule has 0 radical (unpaired) electrons. The van der Waals surface area contributed by atoms with Crippen LogP contribution < -0.4 is 10.6 Å². The molecule has 0 spiro atoms. The van der Waals surface area contributed by atoms with E-state index in [4.69, 9.17) is 5.73 Å². The lowest BCUT2D eigenvalue weighted by atomic mass is 9.99. The van der Waals surface area contributed by atoms with Gasteiger partial charge in [-0.2, -0.15) is 0 Å². The summed E-state index contributed by atoms with van der Waals surface area (Å²) in [6.07, 6.45) is 1.80. The van der Waals surface area contributed by atoms with Gasteiger partial charge in [0.05, 0.1) is 4.88 Å². The quantitative estimate of drug-likeness (QED) is 0.673. The average Bonchev–Trinajstić information content (AvgIpc) is 2.96. The van der Waals surface area contributed by atoms with E-state index in [2.05, 4.69) is 0 Å². The molecule has 4 nitrogen and oxygen atoms in total. The molecule has 0 atom stereocenters. The first-order valence-electron chi connectivity index (χ1n) is 6.86. The zero-order valence-electron chi connectivity index (χ0n) is 12.2. The van der Waals surface area contributed by atoms with E-state index in [1.807, 2.05) is 18.2 Å². The maximum absolute atomic E-state index is 12.7. The van der Waals surface area contributed by atoms with E-state index in [-0.39, 0.29) is 24.1 Å². The molecule has 0 aliphatic carbocycles. The molecule has 0 saturated heterocycles. The molecule has 2 aromatic rings. The van der Waals surface area contributed by atoms with Crippen LogP contribution in [0.15, 0.2) is 29.6 Å². The molecule has 0 saturated carbocycles. The van der Waals surface area contributed by atoms with Crippen LogP contribution in [0.2, 0.25) is 0 Å². The Hall–Kier alpha value is -1.85. The smallest absolute Gasteiger partial charge is 0.268 e. The van der Waals surface area contributed by atoms with Crippen molar-refractivity contribution in [3.05, 3.63) is 45.6 Å². The Morgan fingerprint density at radius 1 is 1.32 bits per heavy atom. The Labute approximate surface area is 139 Å². The lowest BCUT2D eigenvalue weighted by Crippen LogP contribution is -2.35. The fraction of sp³-hybridized carbons (Fsp3) is 0.250. The number of nitrogens with two attached hydrogens (primary N) is 1. The largest absolute Gasteiger partial charge is 0.398 e. The van der Waals surface area contributed by atoms with Gasteiger partial charge >= 0.3 is 0 Å². The molecule has 0 fully saturated rings. The van der Waals surface area contributed by atoms with Crippen LogP contribution in [-0.2, 0) is 6.42 Å². The van der Waals surface area contributed by atoms with E-state index in [1.54, 1.807) is 16.3 Å². The molecule has 116 valence electrons. The number of carbonyl (C=O) groups excluding carboxylic acids is 2. The van der Waals surface area contributed by atoms with Crippen LogP contribution in [0.25, 0.3) is 0 Å². The molecule has 22 heavy (non-hydrogen) atoms. The number of ketones is 1. The van der Waals surface area contributed by atoms with Gasteiger partial charge in [0.15, 0.2) is 5.78 Å². The summed E-state index contributed by atoms with van der Waals surface area (Å²) in [5.74, 6) is -0.0763. The summed E-state index contributed by atoms with van der Waals surface area (Å²) < 4.78 is 0. The molecule has 1 aliphatic heterocycles. The summed E-state index contributed by atoms with van der Waals surface area (Å²) in [6.45, 7) is 2.19. The van der Waals surface area contributed by atoms with Crippen molar-refractivity contribution in [1.82, 2.24) is 0 Å². The van der Waals surface area contributed by atoms with E-state index in [9.17, 15) is 9.59 Å². The first kappa shape index (κ1) is 16.5. The third kappa shape index (κ3) is 2.87. The van der Waals surface area contributed by atoms with Crippen molar-refractivity contribution < 1.29 is 9.59 Å². The average molecular weight is 337 g/mol. The molecule has 0 unspecified atom stereocenters. The lowest BCUT2D eigenvalue weighted by Gasteiger charge is -2.29. The highest BCUT2D eigenvalue weighted by atomic mass is 35.5. The molecule has 1 aromatic heterocycles. The lowest BCUT2D eigenvalue weighted by molar-refractivity contribution is 0.0989. The van der Waals surface area contributed by atoms with Crippen LogP contribution in [0.5, 0.6) is 0 Å². The molecular formula is C16H17ClN2O2S. The molecule has 1 aromatic carbocycles. The summed E-state index contributed by atoms with van der Waals surface area (Å²) in [5.41, 5.74) is 9.27. The van der Waals surface area contributed by atoms with Crippen molar-refractivity contribution in [2.45, 2.75) is 19.8 Å². The number of carbonyl (C=O) groups is 2. The highest BCUT2D eigenvalue weighted by Gasteiger charge is 2.25. The summed E-state index contributed by atoms with van der Waals surface area (Å²) >= 11 is 1.32. The molecule has 0 bridgehead atoms. The number of nitrogen functional groups attached to an aromatic ring is 1. The predicted octanol–water partition coefficient (Wildman–Crippen LogP) is 3.55. The molecule has 2 heterocycles. The number of amides is 1. The van der Waals surface area contributed by atoms with E-state index in [0.29, 0.717) is 17.0 Å². The first-order chi connectivity index (χ1) is 10.1. The van der Waals surface area contributed by atoms with Gasteiger partial charge in [-0.1, -0.05) is 6.07 Å². The Bertz CT molecular complexity index is 727. The SMILES string of the molecule is CC(=O)c1csc(C(=O)N2CCCc3c(N)cccc32)c1.Cl. The van der Waals surface area contributed by atoms with Gasteiger partial charge < -0.3 is 10.6 Å². The summed E-state index contributed by atoms with van der Waals surface area (Å²) in [4.78, 5) is 26.4. The van der Waals surface area contributed by atoms with Crippen molar-refractivity contribution in [2.24, 2.45) is 0 Å². The second kappa shape index (κ2) is 6.50. The number of benzene rings is 1. The number of hydrogen-bond donors (Lipinski definition) is 1. The molecule has 6 heteroatoms.